The number of H-pyrrole nitrogens is 1. The number of imide groups is 1. The zero-order valence-corrected chi connectivity index (χ0v) is 23.3. The Labute approximate surface area is 244 Å². The molecule has 5 rings (SSSR count). The average molecular weight is 593 g/mol. The third-order valence-corrected chi connectivity index (χ3v) is 6.63. The lowest BCUT2D eigenvalue weighted by atomic mass is 10.0. The van der Waals surface area contributed by atoms with Crippen molar-refractivity contribution in [3.63, 3.8) is 0 Å². The number of fused-ring (bicyclic) bond motifs is 1. The second kappa shape index (κ2) is 11.9. The minimum Gasteiger partial charge on any atom is -0.453 e. The summed E-state index contributed by atoms with van der Waals surface area (Å²) in [5, 5.41) is 22.3. The van der Waals surface area contributed by atoms with E-state index in [0.717, 1.165) is 23.1 Å². The molecular weight excluding hydrogens is 564 g/mol. The minimum atomic E-state index is -1.43. The van der Waals surface area contributed by atoms with Crippen LogP contribution in [0.3, 0.4) is 0 Å². The number of hydrogen-bond donors (Lipinski definition) is 4. The van der Waals surface area contributed by atoms with Gasteiger partial charge in [-0.2, -0.15) is 14.5 Å². The second-order valence-corrected chi connectivity index (χ2v) is 10.1. The van der Waals surface area contributed by atoms with Crippen molar-refractivity contribution in [3.05, 3.63) is 66.4 Å². The van der Waals surface area contributed by atoms with Crippen molar-refractivity contribution in [1.29, 1.82) is 0 Å². The fraction of sp³-hybridized carbons (Fsp3) is 0.241. The van der Waals surface area contributed by atoms with E-state index < -0.39 is 41.4 Å². The Morgan fingerprint density at radius 1 is 1.12 bits per heavy atom. The van der Waals surface area contributed by atoms with Gasteiger partial charge in [0.05, 0.1) is 18.9 Å². The summed E-state index contributed by atoms with van der Waals surface area (Å²) in [7, 11) is 0. The van der Waals surface area contributed by atoms with E-state index in [1.54, 1.807) is 20.8 Å². The van der Waals surface area contributed by atoms with Gasteiger partial charge in [-0.1, -0.05) is 0 Å². The molecule has 2 atom stereocenters. The fourth-order valence-electron chi connectivity index (χ4n) is 4.43. The number of aromatic nitrogens is 3. The topological polar surface area (TPSA) is 153 Å². The van der Waals surface area contributed by atoms with Crippen LogP contribution in [-0.2, 0) is 9.59 Å². The maximum Gasteiger partial charge on any atom is 0.505 e. The molecular formula is C29H28F2N7O5+. The maximum atomic E-state index is 15.2. The van der Waals surface area contributed by atoms with Crippen molar-refractivity contribution in [2.45, 2.75) is 32.9 Å². The monoisotopic (exact) mass is 592 g/mol. The summed E-state index contributed by atoms with van der Waals surface area (Å²) in [4.78, 5) is 44.6. The molecule has 0 aliphatic carbocycles. The molecule has 0 fully saturated rings. The third-order valence-electron chi connectivity index (χ3n) is 6.63. The summed E-state index contributed by atoms with van der Waals surface area (Å²) in [5.74, 6) is -3.99. The van der Waals surface area contributed by atoms with E-state index >= 15 is 4.39 Å². The zero-order valence-electron chi connectivity index (χ0n) is 23.3. The number of aliphatic hydroxyl groups is 1. The molecule has 4 aromatic rings. The first-order valence-electron chi connectivity index (χ1n) is 13.3. The number of benzene rings is 2. The van der Waals surface area contributed by atoms with Gasteiger partial charge in [0.15, 0.2) is 28.9 Å². The quantitative estimate of drug-likeness (QED) is 0.168. The van der Waals surface area contributed by atoms with Crippen LogP contribution in [0.5, 0.6) is 11.5 Å². The molecule has 4 amide bonds. The lowest BCUT2D eigenvalue weighted by Crippen LogP contribution is -2.55. The van der Waals surface area contributed by atoms with E-state index in [0.29, 0.717) is 16.9 Å². The molecule has 2 aromatic heterocycles. The number of nitrogens with zero attached hydrogens (tertiary/aromatic N) is 4. The summed E-state index contributed by atoms with van der Waals surface area (Å²) < 4.78 is 35.8. The largest absolute Gasteiger partial charge is 0.505 e. The number of hydrogen-bond acceptors (Lipinski definition) is 8. The van der Waals surface area contributed by atoms with Crippen LogP contribution in [0.25, 0.3) is 11.0 Å². The molecule has 222 valence electrons. The summed E-state index contributed by atoms with van der Waals surface area (Å²) >= 11 is 0. The van der Waals surface area contributed by atoms with E-state index in [1.165, 1.54) is 47.3 Å². The Morgan fingerprint density at radius 2 is 1.86 bits per heavy atom. The molecule has 3 heterocycles. The van der Waals surface area contributed by atoms with E-state index in [1.807, 2.05) is 0 Å². The summed E-state index contributed by atoms with van der Waals surface area (Å²) in [6.07, 6.45) is 2.68. The summed E-state index contributed by atoms with van der Waals surface area (Å²) in [5.41, 5.74) is 0.527. The van der Waals surface area contributed by atoms with Gasteiger partial charge in [-0.3, -0.25) is 9.89 Å². The fourth-order valence-corrected chi connectivity index (χ4v) is 4.43. The third kappa shape index (κ3) is 5.90. The number of anilines is 3. The average Bonchev–Trinajstić information content (AvgIpc) is 3.38. The van der Waals surface area contributed by atoms with Gasteiger partial charge in [0.1, 0.15) is 22.6 Å². The van der Waals surface area contributed by atoms with Crippen LogP contribution in [0.15, 0.2) is 54.7 Å². The standard InChI is InChI=1S/C29H27F2N7O5/c1-15(2)37-13-20(28(41)38(29(37)42)19-7-4-17(30)5-8-19)27(40)34-18-6-9-22(21(31)12-18)43-23-10-11-32-25-24(23)26(36-35-25)33-16(3)14-39/h4-13,15-16,20,39H,14H2,1-3H3,(H2-,32,33,34,35,36,40)/p+1/t16-,20?/m1/s1. The van der Waals surface area contributed by atoms with Crippen LogP contribution < -0.4 is 20.3 Å². The van der Waals surface area contributed by atoms with Gasteiger partial charge in [0.25, 0.3) is 0 Å². The highest BCUT2D eigenvalue weighted by Gasteiger charge is 2.48. The van der Waals surface area contributed by atoms with Crippen molar-refractivity contribution in [1.82, 2.24) is 15.2 Å². The van der Waals surface area contributed by atoms with Crippen molar-refractivity contribution in [2.75, 3.05) is 22.1 Å². The number of urea groups is 1. The SMILES string of the molecule is CC(C)[N+]1=CC(C(=O)Nc2ccc(Oc3ccnc4[nH]nc(N[C@H](C)CO)c34)c(F)c2)C(=O)N(c2ccc(F)cc2)C1=O. The molecule has 0 saturated carbocycles. The first-order valence-corrected chi connectivity index (χ1v) is 13.3. The van der Waals surface area contributed by atoms with Gasteiger partial charge in [0.2, 0.25) is 5.91 Å². The Bertz CT molecular complexity index is 1740. The molecule has 43 heavy (non-hydrogen) atoms. The highest BCUT2D eigenvalue weighted by molar-refractivity contribution is 6.28. The number of aromatic amines is 1. The van der Waals surface area contributed by atoms with Crippen molar-refractivity contribution in [2.24, 2.45) is 5.92 Å². The highest BCUT2D eigenvalue weighted by Crippen LogP contribution is 2.35. The Hall–Kier alpha value is -5.24. The molecule has 12 nitrogen and oxygen atoms in total. The number of carbonyl (C=O) groups is 3. The smallest absolute Gasteiger partial charge is 0.453 e. The van der Waals surface area contributed by atoms with E-state index in [2.05, 4.69) is 25.8 Å². The maximum absolute atomic E-state index is 15.2. The van der Waals surface area contributed by atoms with E-state index in [-0.39, 0.29) is 35.5 Å². The molecule has 1 unspecified atom stereocenters. The van der Waals surface area contributed by atoms with E-state index in [4.69, 9.17) is 4.74 Å². The molecule has 1 aliphatic heterocycles. The van der Waals surface area contributed by atoms with Gasteiger partial charge >= 0.3 is 11.9 Å². The molecule has 4 N–H and O–H groups in total. The lowest BCUT2D eigenvalue weighted by Gasteiger charge is -2.24. The number of halogens is 2. The molecule has 14 heteroatoms. The number of rotatable bonds is 9. The zero-order chi connectivity index (χ0) is 30.8. The number of pyridine rings is 1. The molecule has 0 bridgehead atoms. The minimum absolute atomic E-state index is 0.0414. The van der Waals surface area contributed by atoms with Crippen LogP contribution in [-0.4, -0.2) is 67.6 Å². The lowest BCUT2D eigenvalue weighted by molar-refractivity contribution is -0.459. The first kappa shape index (κ1) is 29.3. The number of ether oxygens (including phenoxy) is 1. The van der Waals surface area contributed by atoms with Crippen LogP contribution in [0.1, 0.15) is 20.8 Å². The van der Waals surface area contributed by atoms with Crippen molar-refractivity contribution >= 4 is 52.3 Å². The molecule has 0 radical (unpaired) electrons. The van der Waals surface area contributed by atoms with Gasteiger partial charge < -0.3 is 20.5 Å². The Morgan fingerprint density at radius 3 is 2.53 bits per heavy atom. The van der Waals surface area contributed by atoms with Gasteiger partial charge in [-0.05, 0) is 57.2 Å². The number of nitrogens with one attached hydrogen (secondary N) is 3. The number of amides is 4. The van der Waals surface area contributed by atoms with Crippen LogP contribution in [0, 0.1) is 17.6 Å². The molecule has 2 aromatic carbocycles. The van der Waals surface area contributed by atoms with Crippen molar-refractivity contribution in [3.8, 4) is 11.5 Å². The summed E-state index contributed by atoms with van der Waals surface area (Å²) in [6.45, 7) is 5.03. The highest BCUT2D eigenvalue weighted by atomic mass is 19.1. The number of aliphatic hydroxyl groups excluding tert-OH is 1. The van der Waals surface area contributed by atoms with Gasteiger partial charge in [-0.15, -0.1) is 4.90 Å². The van der Waals surface area contributed by atoms with Crippen LogP contribution in [0.2, 0.25) is 0 Å². The molecule has 1 aliphatic rings. The van der Waals surface area contributed by atoms with Crippen LogP contribution in [0.4, 0.5) is 30.8 Å². The van der Waals surface area contributed by atoms with Crippen LogP contribution >= 0.6 is 0 Å². The Kier molecular flexibility index (Phi) is 8.12. The van der Waals surface area contributed by atoms with Gasteiger partial charge in [0, 0.05) is 30.1 Å². The normalized spacial score (nSPS) is 15.9. The van der Waals surface area contributed by atoms with Gasteiger partial charge in [-0.25, -0.2) is 18.6 Å². The Balaban J connectivity index is 1.38. The number of carbonyl (C=O) groups excluding carboxylic acids is 3. The van der Waals surface area contributed by atoms with E-state index in [9.17, 15) is 23.9 Å². The van der Waals surface area contributed by atoms with Crippen molar-refractivity contribution < 1.29 is 37.6 Å². The molecule has 0 saturated heterocycles. The predicted octanol–water partition coefficient (Wildman–Crippen LogP) is 4.03. The second-order valence-electron chi connectivity index (χ2n) is 10.1. The molecule has 0 spiro atoms. The predicted molar refractivity (Wildman–Crippen MR) is 153 cm³/mol. The summed E-state index contributed by atoms with van der Waals surface area (Å²) in [6, 6.07) is 8.61. The first-order chi connectivity index (χ1) is 20.6.